The maximum atomic E-state index is 11.9. The summed E-state index contributed by atoms with van der Waals surface area (Å²) in [6.45, 7) is -0.789. The first-order valence-corrected chi connectivity index (χ1v) is 5.21. The Morgan fingerprint density at radius 2 is 2.18 bits per heavy atom. The third kappa shape index (κ3) is 3.74. The number of carbonyl (C=O) groups excluding carboxylic acids is 1. The first kappa shape index (κ1) is 13.5. The van der Waals surface area contributed by atoms with E-state index in [-0.39, 0.29) is 15.7 Å². The highest BCUT2D eigenvalue weighted by molar-refractivity contribution is 9.10. The monoisotopic (exact) mass is 308 g/mol. The van der Waals surface area contributed by atoms with Crippen molar-refractivity contribution in [3.63, 3.8) is 0 Å². The first-order chi connectivity index (χ1) is 7.91. The van der Waals surface area contributed by atoms with Crippen LogP contribution in [0.25, 0.3) is 0 Å². The molecule has 5 nitrogen and oxygen atoms in total. The van der Waals surface area contributed by atoms with Gasteiger partial charge in [0.2, 0.25) is 0 Å². The zero-order valence-electron chi connectivity index (χ0n) is 8.32. The molecule has 1 aromatic carbocycles. The highest BCUT2D eigenvalue weighted by atomic mass is 79.9. The van der Waals surface area contributed by atoms with Crippen LogP contribution in [0.4, 0.5) is 14.5 Å². The molecular weight excluding hydrogens is 302 g/mol. The lowest BCUT2D eigenvalue weighted by Crippen LogP contribution is -2.28. The van der Waals surface area contributed by atoms with E-state index in [2.05, 4.69) is 15.9 Å². The summed E-state index contributed by atoms with van der Waals surface area (Å²) >= 11 is 2.95. The van der Waals surface area contributed by atoms with Crippen LogP contribution in [-0.4, -0.2) is 23.8 Å². The van der Waals surface area contributed by atoms with E-state index in [9.17, 15) is 23.7 Å². The predicted molar refractivity (Wildman–Crippen MR) is 59.1 cm³/mol. The predicted octanol–water partition coefficient (Wildman–Crippen LogP) is 2.35. The Morgan fingerprint density at radius 1 is 1.53 bits per heavy atom. The molecule has 0 fully saturated rings. The second-order valence-corrected chi connectivity index (χ2v) is 3.88. The molecule has 0 radical (unpaired) electrons. The van der Waals surface area contributed by atoms with Gasteiger partial charge in [0.05, 0.1) is 15.9 Å². The second-order valence-electron chi connectivity index (χ2n) is 3.02. The zero-order valence-corrected chi connectivity index (χ0v) is 9.91. The molecule has 1 N–H and O–H groups in total. The number of hydrogen-bond acceptors (Lipinski definition) is 3. The topological polar surface area (TPSA) is 72.2 Å². The van der Waals surface area contributed by atoms with Gasteiger partial charge in [0, 0.05) is 11.6 Å². The van der Waals surface area contributed by atoms with E-state index in [0.717, 1.165) is 6.07 Å². The van der Waals surface area contributed by atoms with Crippen LogP contribution in [0.15, 0.2) is 22.7 Å². The summed E-state index contributed by atoms with van der Waals surface area (Å²) in [5.41, 5.74) is -0.338. The number of nitro groups is 1. The Bertz CT molecular complexity index is 454. The highest BCUT2D eigenvalue weighted by Gasteiger charge is 2.16. The lowest BCUT2D eigenvalue weighted by atomic mass is 10.2. The van der Waals surface area contributed by atoms with Gasteiger partial charge in [0.1, 0.15) is 0 Å². The fourth-order valence-corrected chi connectivity index (χ4v) is 1.46. The molecule has 1 aromatic rings. The Hall–Kier alpha value is -1.57. The summed E-state index contributed by atoms with van der Waals surface area (Å²) in [4.78, 5) is 21.3. The van der Waals surface area contributed by atoms with Gasteiger partial charge in [-0.1, -0.05) is 0 Å². The van der Waals surface area contributed by atoms with E-state index < -0.39 is 23.8 Å². The molecule has 0 unspecified atom stereocenters. The van der Waals surface area contributed by atoms with E-state index in [0.29, 0.717) is 0 Å². The van der Waals surface area contributed by atoms with Crippen molar-refractivity contribution < 1.29 is 18.5 Å². The molecule has 1 rings (SSSR count). The largest absolute Gasteiger partial charge is 0.346 e. The van der Waals surface area contributed by atoms with Gasteiger partial charge in [0.15, 0.2) is 0 Å². The summed E-state index contributed by atoms with van der Waals surface area (Å²) in [6.07, 6.45) is -2.66. The van der Waals surface area contributed by atoms with E-state index in [1.807, 2.05) is 5.32 Å². The normalized spacial score (nSPS) is 10.4. The number of nitro benzene ring substituents is 1. The van der Waals surface area contributed by atoms with Crippen molar-refractivity contribution in [3.05, 3.63) is 38.3 Å². The van der Waals surface area contributed by atoms with Crippen molar-refractivity contribution in [1.82, 2.24) is 5.32 Å². The van der Waals surface area contributed by atoms with Crippen molar-refractivity contribution >= 4 is 27.5 Å². The Balaban J connectivity index is 2.88. The van der Waals surface area contributed by atoms with Gasteiger partial charge in [-0.25, -0.2) is 8.78 Å². The second kappa shape index (κ2) is 5.67. The van der Waals surface area contributed by atoms with Crippen LogP contribution < -0.4 is 5.32 Å². The molecule has 8 heteroatoms. The minimum atomic E-state index is -2.66. The number of amides is 1. The summed E-state index contributed by atoms with van der Waals surface area (Å²) in [6, 6.07) is 3.64. The average molecular weight is 309 g/mol. The number of nitrogens with one attached hydrogen (secondary N) is 1. The number of alkyl halides is 2. The average Bonchev–Trinajstić information content (AvgIpc) is 2.26. The third-order valence-corrected chi connectivity index (χ3v) is 2.49. The molecule has 0 heterocycles. The fourth-order valence-electron chi connectivity index (χ4n) is 1.07. The number of benzene rings is 1. The van der Waals surface area contributed by atoms with Gasteiger partial charge < -0.3 is 5.32 Å². The number of rotatable bonds is 4. The van der Waals surface area contributed by atoms with Gasteiger partial charge in [-0.3, -0.25) is 14.9 Å². The Labute approximate surface area is 103 Å². The molecule has 0 atom stereocenters. The van der Waals surface area contributed by atoms with E-state index in [1.54, 1.807) is 0 Å². The fraction of sp³-hybridized carbons (Fsp3) is 0.222. The number of halogens is 3. The van der Waals surface area contributed by atoms with Crippen molar-refractivity contribution in [2.24, 2.45) is 0 Å². The lowest BCUT2D eigenvalue weighted by Gasteiger charge is -2.04. The highest BCUT2D eigenvalue weighted by Crippen LogP contribution is 2.25. The minimum Gasteiger partial charge on any atom is -0.346 e. The van der Waals surface area contributed by atoms with Gasteiger partial charge in [-0.15, -0.1) is 0 Å². The summed E-state index contributed by atoms with van der Waals surface area (Å²) in [5.74, 6) is -0.777. The summed E-state index contributed by atoms with van der Waals surface area (Å²) in [7, 11) is 0. The molecular formula is C9H7BrF2N2O3. The van der Waals surface area contributed by atoms with Gasteiger partial charge in [-0.05, 0) is 28.1 Å². The van der Waals surface area contributed by atoms with Gasteiger partial charge >= 0.3 is 0 Å². The van der Waals surface area contributed by atoms with Crippen LogP contribution in [0.1, 0.15) is 10.4 Å². The van der Waals surface area contributed by atoms with Crippen LogP contribution >= 0.6 is 15.9 Å². The third-order valence-electron chi connectivity index (χ3n) is 1.82. The van der Waals surface area contributed by atoms with Gasteiger partial charge in [0.25, 0.3) is 18.0 Å². The molecule has 0 aliphatic heterocycles. The van der Waals surface area contributed by atoms with Crippen molar-refractivity contribution in [1.29, 1.82) is 0 Å². The Kier molecular flexibility index (Phi) is 4.50. The SMILES string of the molecule is O=C(NCC(F)F)c1ccc(Br)c([N+](=O)[O-])c1. The number of hydrogen-bond donors (Lipinski definition) is 1. The minimum absolute atomic E-state index is 0.0412. The van der Waals surface area contributed by atoms with Gasteiger partial charge in [-0.2, -0.15) is 0 Å². The molecule has 17 heavy (non-hydrogen) atoms. The molecule has 0 saturated carbocycles. The van der Waals surface area contributed by atoms with E-state index >= 15 is 0 Å². The Morgan fingerprint density at radius 3 is 2.71 bits per heavy atom. The van der Waals surface area contributed by atoms with E-state index in [1.165, 1.54) is 12.1 Å². The molecule has 0 saturated heterocycles. The van der Waals surface area contributed by atoms with E-state index in [4.69, 9.17) is 0 Å². The maximum Gasteiger partial charge on any atom is 0.284 e. The summed E-state index contributed by atoms with van der Waals surface area (Å²) in [5, 5.41) is 12.5. The van der Waals surface area contributed by atoms with Crippen LogP contribution in [-0.2, 0) is 0 Å². The molecule has 0 aliphatic rings. The molecule has 92 valence electrons. The van der Waals surface area contributed by atoms with Crippen LogP contribution in [0.5, 0.6) is 0 Å². The number of nitrogens with zero attached hydrogens (tertiary/aromatic N) is 1. The molecule has 0 aromatic heterocycles. The maximum absolute atomic E-state index is 11.9. The lowest BCUT2D eigenvalue weighted by molar-refractivity contribution is -0.385. The van der Waals surface area contributed by atoms with Crippen LogP contribution in [0.2, 0.25) is 0 Å². The van der Waals surface area contributed by atoms with Crippen molar-refractivity contribution in [3.8, 4) is 0 Å². The first-order valence-electron chi connectivity index (χ1n) is 4.42. The smallest absolute Gasteiger partial charge is 0.284 e. The molecule has 0 bridgehead atoms. The summed E-state index contributed by atoms with van der Waals surface area (Å²) < 4.78 is 23.9. The molecule has 0 aliphatic carbocycles. The van der Waals surface area contributed by atoms with Crippen LogP contribution in [0.3, 0.4) is 0 Å². The standard InChI is InChI=1S/C9H7BrF2N2O3/c10-6-2-1-5(3-7(6)14(16)17)9(15)13-4-8(11)12/h1-3,8H,4H2,(H,13,15). The van der Waals surface area contributed by atoms with Crippen LogP contribution in [0, 0.1) is 10.1 Å². The quantitative estimate of drug-likeness (QED) is 0.685. The van der Waals surface area contributed by atoms with Crippen molar-refractivity contribution in [2.45, 2.75) is 6.43 Å². The number of carbonyl (C=O) groups is 1. The molecule has 1 amide bonds. The zero-order chi connectivity index (χ0) is 13.0. The molecule has 0 spiro atoms. The van der Waals surface area contributed by atoms with Crippen molar-refractivity contribution in [2.75, 3.05) is 6.54 Å².